The average molecular weight is 274 g/mol. The van der Waals surface area contributed by atoms with Crippen LogP contribution in [0.4, 0.5) is 5.82 Å². The molecular weight excluding hydrogens is 256 g/mol. The second kappa shape index (κ2) is 5.09. The van der Waals surface area contributed by atoms with Gasteiger partial charge in [0.1, 0.15) is 5.82 Å². The number of hydrogen-bond acceptors (Lipinski definition) is 4. The van der Waals surface area contributed by atoms with Crippen LogP contribution in [-0.4, -0.2) is 40.4 Å². The molecule has 0 radical (unpaired) electrons. The van der Waals surface area contributed by atoms with Crippen molar-refractivity contribution in [2.24, 2.45) is 0 Å². The Balaban J connectivity index is 2.53. The van der Waals surface area contributed by atoms with Crippen molar-refractivity contribution < 1.29 is 15.0 Å². The number of carboxylic acid groups (broad SMARTS) is 1. The van der Waals surface area contributed by atoms with Gasteiger partial charge in [-0.05, 0) is 26.0 Å². The number of aromatic carboxylic acids is 1. The Hall–Kier alpha value is -2.14. The Kier molecular flexibility index (Phi) is 3.63. The summed E-state index contributed by atoms with van der Waals surface area (Å²) in [4.78, 5) is 17.6. The van der Waals surface area contributed by atoms with Gasteiger partial charge in [0.2, 0.25) is 0 Å². The lowest BCUT2D eigenvalue weighted by Crippen LogP contribution is -2.36. The predicted molar refractivity (Wildman–Crippen MR) is 78.3 cm³/mol. The van der Waals surface area contributed by atoms with Crippen LogP contribution in [0.3, 0.4) is 0 Å². The minimum absolute atomic E-state index is 0.216. The lowest BCUT2D eigenvalue weighted by atomic mass is 10.1. The molecule has 2 rings (SSSR count). The molecule has 0 spiro atoms. The molecule has 0 fully saturated rings. The number of pyridine rings is 1. The van der Waals surface area contributed by atoms with Crippen LogP contribution in [0.15, 0.2) is 30.3 Å². The lowest BCUT2D eigenvalue weighted by Gasteiger charge is -2.26. The first kappa shape index (κ1) is 14.3. The molecule has 5 heteroatoms. The zero-order valence-corrected chi connectivity index (χ0v) is 11.8. The number of carboxylic acids is 1. The van der Waals surface area contributed by atoms with Crippen LogP contribution < -0.4 is 4.90 Å². The quantitative estimate of drug-likeness (QED) is 0.893. The molecule has 0 saturated carbocycles. The molecular formula is C15H18N2O3. The van der Waals surface area contributed by atoms with Crippen molar-refractivity contribution in [1.29, 1.82) is 0 Å². The Morgan fingerprint density at radius 2 is 2.00 bits per heavy atom. The zero-order valence-electron chi connectivity index (χ0n) is 11.8. The van der Waals surface area contributed by atoms with E-state index in [0.717, 1.165) is 0 Å². The largest absolute Gasteiger partial charge is 0.478 e. The van der Waals surface area contributed by atoms with Gasteiger partial charge >= 0.3 is 5.97 Å². The number of carbonyl (C=O) groups is 1. The first-order chi connectivity index (χ1) is 9.28. The third-order valence-corrected chi connectivity index (χ3v) is 2.95. The minimum Gasteiger partial charge on any atom is -0.478 e. The Labute approximate surface area is 117 Å². The molecule has 0 aliphatic heterocycles. The van der Waals surface area contributed by atoms with E-state index >= 15 is 0 Å². The van der Waals surface area contributed by atoms with E-state index in [-0.39, 0.29) is 5.56 Å². The van der Waals surface area contributed by atoms with E-state index in [0.29, 0.717) is 23.3 Å². The van der Waals surface area contributed by atoms with Gasteiger partial charge in [-0.2, -0.15) is 0 Å². The van der Waals surface area contributed by atoms with Gasteiger partial charge in [-0.25, -0.2) is 9.78 Å². The van der Waals surface area contributed by atoms with Gasteiger partial charge in [-0.15, -0.1) is 0 Å². The fraction of sp³-hybridized carbons (Fsp3) is 0.333. The van der Waals surface area contributed by atoms with Crippen LogP contribution >= 0.6 is 0 Å². The Morgan fingerprint density at radius 3 is 2.60 bits per heavy atom. The average Bonchev–Trinajstić information content (AvgIpc) is 2.35. The summed E-state index contributed by atoms with van der Waals surface area (Å²) in [5, 5.41) is 19.8. The van der Waals surface area contributed by atoms with Crippen molar-refractivity contribution in [2.75, 3.05) is 18.5 Å². The SMILES string of the molecule is CN(CC(C)(C)O)c1cc(C(=O)O)c2ccccc2n1. The summed E-state index contributed by atoms with van der Waals surface area (Å²) in [6, 6.07) is 8.67. The maximum absolute atomic E-state index is 11.4. The molecule has 2 N–H and O–H groups in total. The number of hydrogen-bond donors (Lipinski definition) is 2. The lowest BCUT2D eigenvalue weighted by molar-refractivity contribution is 0.0699. The van der Waals surface area contributed by atoms with Gasteiger partial charge in [0.05, 0.1) is 16.7 Å². The summed E-state index contributed by atoms with van der Waals surface area (Å²) in [6.07, 6.45) is 0. The minimum atomic E-state index is -0.985. The first-order valence-corrected chi connectivity index (χ1v) is 6.34. The number of fused-ring (bicyclic) bond motifs is 1. The van der Waals surface area contributed by atoms with Crippen molar-refractivity contribution in [2.45, 2.75) is 19.4 Å². The molecule has 0 saturated heterocycles. The fourth-order valence-electron chi connectivity index (χ4n) is 2.20. The molecule has 0 atom stereocenters. The van der Waals surface area contributed by atoms with Crippen LogP contribution in [0.1, 0.15) is 24.2 Å². The number of para-hydroxylation sites is 1. The maximum atomic E-state index is 11.4. The highest BCUT2D eigenvalue weighted by atomic mass is 16.4. The molecule has 0 aliphatic rings. The standard InChI is InChI=1S/C15H18N2O3/c1-15(2,20)9-17(3)13-8-11(14(18)19)10-6-4-5-7-12(10)16-13/h4-8,20H,9H2,1-3H3,(H,18,19). The second-order valence-corrected chi connectivity index (χ2v) is 5.52. The molecule has 0 amide bonds. The molecule has 0 bridgehead atoms. The van der Waals surface area contributed by atoms with Crippen molar-refractivity contribution in [3.05, 3.63) is 35.9 Å². The van der Waals surface area contributed by atoms with E-state index in [1.165, 1.54) is 6.07 Å². The molecule has 106 valence electrons. The number of rotatable bonds is 4. The summed E-state index contributed by atoms with van der Waals surface area (Å²) in [6.45, 7) is 3.75. The van der Waals surface area contributed by atoms with E-state index in [2.05, 4.69) is 4.98 Å². The van der Waals surface area contributed by atoms with Crippen molar-refractivity contribution >= 4 is 22.7 Å². The monoisotopic (exact) mass is 274 g/mol. The van der Waals surface area contributed by atoms with Gasteiger partial charge in [0.25, 0.3) is 0 Å². The van der Waals surface area contributed by atoms with Crippen LogP contribution in [0.25, 0.3) is 10.9 Å². The highest BCUT2D eigenvalue weighted by Crippen LogP contribution is 2.23. The number of aromatic nitrogens is 1. The summed E-state index contributed by atoms with van der Waals surface area (Å²) in [5.41, 5.74) is -0.0379. The zero-order chi connectivity index (χ0) is 14.9. The van der Waals surface area contributed by atoms with Gasteiger partial charge in [0, 0.05) is 19.0 Å². The van der Waals surface area contributed by atoms with Gasteiger partial charge in [-0.3, -0.25) is 0 Å². The van der Waals surface area contributed by atoms with E-state index in [9.17, 15) is 15.0 Å². The molecule has 0 aliphatic carbocycles. The second-order valence-electron chi connectivity index (χ2n) is 5.52. The third-order valence-electron chi connectivity index (χ3n) is 2.95. The van der Waals surface area contributed by atoms with Crippen molar-refractivity contribution in [3.63, 3.8) is 0 Å². The number of nitrogens with zero attached hydrogens (tertiary/aromatic N) is 2. The van der Waals surface area contributed by atoms with Crippen LogP contribution in [-0.2, 0) is 0 Å². The van der Waals surface area contributed by atoms with Gasteiger partial charge in [0.15, 0.2) is 0 Å². The Bertz CT molecular complexity index is 647. The molecule has 0 unspecified atom stereocenters. The molecule has 2 aromatic rings. The molecule has 1 aromatic carbocycles. The first-order valence-electron chi connectivity index (χ1n) is 6.34. The van der Waals surface area contributed by atoms with Crippen LogP contribution in [0, 0.1) is 0 Å². The summed E-state index contributed by atoms with van der Waals surface area (Å²) in [5.74, 6) is -0.454. The summed E-state index contributed by atoms with van der Waals surface area (Å²) >= 11 is 0. The molecule has 1 aromatic heterocycles. The highest BCUT2D eigenvalue weighted by Gasteiger charge is 2.19. The third kappa shape index (κ3) is 3.05. The number of aliphatic hydroxyl groups is 1. The van der Waals surface area contributed by atoms with E-state index in [1.54, 1.807) is 44.0 Å². The smallest absolute Gasteiger partial charge is 0.336 e. The summed E-state index contributed by atoms with van der Waals surface area (Å²) < 4.78 is 0. The van der Waals surface area contributed by atoms with E-state index < -0.39 is 11.6 Å². The maximum Gasteiger partial charge on any atom is 0.336 e. The fourth-order valence-corrected chi connectivity index (χ4v) is 2.20. The normalized spacial score (nSPS) is 11.6. The number of anilines is 1. The topological polar surface area (TPSA) is 73.7 Å². The van der Waals surface area contributed by atoms with E-state index in [4.69, 9.17) is 0 Å². The number of likely N-dealkylation sites (N-methyl/N-ethyl adjacent to an activating group) is 1. The predicted octanol–water partition coefficient (Wildman–Crippen LogP) is 2.14. The Morgan fingerprint density at radius 1 is 1.35 bits per heavy atom. The van der Waals surface area contributed by atoms with E-state index in [1.807, 2.05) is 6.07 Å². The van der Waals surface area contributed by atoms with Crippen molar-refractivity contribution in [1.82, 2.24) is 4.98 Å². The van der Waals surface area contributed by atoms with Gasteiger partial charge in [-0.1, -0.05) is 18.2 Å². The molecule has 5 nitrogen and oxygen atoms in total. The molecule has 20 heavy (non-hydrogen) atoms. The van der Waals surface area contributed by atoms with Crippen LogP contribution in [0.2, 0.25) is 0 Å². The molecule has 1 heterocycles. The summed E-state index contributed by atoms with van der Waals surface area (Å²) in [7, 11) is 1.78. The number of benzene rings is 1. The highest BCUT2D eigenvalue weighted by molar-refractivity contribution is 6.03. The van der Waals surface area contributed by atoms with Crippen LogP contribution in [0.5, 0.6) is 0 Å². The van der Waals surface area contributed by atoms with Crippen molar-refractivity contribution in [3.8, 4) is 0 Å². The van der Waals surface area contributed by atoms with Gasteiger partial charge < -0.3 is 15.1 Å².